The van der Waals surface area contributed by atoms with Gasteiger partial charge in [-0.15, -0.1) is 0 Å². The van der Waals surface area contributed by atoms with Gasteiger partial charge in [0.1, 0.15) is 0 Å². The molecule has 0 radical (unpaired) electrons. The molecule has 1 nitrogen and oxygen atoms in total. The smallest absolute Gasteiger partial charge is 0.0510 e. The summed E-state index contributed by atoms with van der Waals surface area (Å²) in [4.78, 5) is 2.64. The van der Waals surface area contributed by atoms with E-state index in [2.05, 4.69) is 58.9 Å². The first-order chi connectivity index (χ1) is 15.8. The van der Waals surface area contributed by atoms with Crippen molar-refractivity contribution in [3.8, 4) is 0 Å². The Bertz CT molecular complexity index is 491. The molecule has 0 unspecified atom stereocenters. The van der Waals surface area contributed by atoms with E-state index in [1.54, 1.807) is 0 Å². The van der Waals surface area contributed by atoms with Crippen LogP contribution in [0.5, 0.6) is 0 Å². The lowest BCUT2D eigenvalue weighted by Crippen LogP contribution is -2.26. The Hall–Kier alpha value is -0.500. The maximum absolute atomic E-state index is 3.79. The van der Waals surface area contributed by atoms with Crippen LogP contribution in [0, 0.1) is 0 Å². The molecule has 0 aliphatic rings. The van der Waals surface area contributed by atoms with Crippen molar-refractivity contribution < 1.29 is 0 Å². The molecule has 0 bridgehead atoms. The van der Waals surface area contributed by atoms with Gasteiger partial charge in [-0.2, -0.15) is 0 Å². The van der Waals surface area contributed by atoms with E-state index >= 15 is 0 Å². The van der Waals surface area contributed by atoms with E-state index in [1.165, 1.54) is 152 Å². The van der Waals surface area contributed by atoms with Gasteiger partial charge in [0, 0.05) is 17.6 Å². The van der Waals surface area contributed by atoms with Gasteiger partial charge in [0.2, 0.25) is 0 Å². The predicted octanol–water partition coefficient (Wildman–Crippen LogP) is 11.1. The third-order valence-corrected chi connectivity index (χ3v) is 7.43. The second-order valence-corrected chi connectivity index (χ2v) is 10.7. The zero-order chi connectivity index (χ0) is 23.1. The molecule has 1 aromatic rings. The van der Waals surface area contributed by atoms with Gasteiger partial charge >= 0.3 is 0 Å². The van der Waals surface area contributed by atoms with Gasteiger partial charge < -0.3 is 4.90 Å². The minimum atomic E-state index is 1.20. The molecular weight excluding hydrogens is 454 g/mol. The minimum absolute atomic E-state index is 1.20. The van der Waals surface area contributed by atoms with Crippen LogP contribution in [0.4, 0.5) is 5.69 Å². The number of benzene rings is 1. The lowest BCUT2D eigenvalue weighted by atomic mass is 10.1. The molecule has 2 heteroatoms. The largest absolute Gasteiger partial charge is 0.371 e. The molecule has 1 rings (SSSR count). The normalized spacial score (nSPS) is 11.2. The number of hydrogen-bond donors (Lipinski definition) is 0. The monoisotopic (exact) mass is 507 g/mol. The molecule has 32 heavy (non-hydrogen) atoms. The number of rotatable bonds is 23. The highest BCUT2D eigenvalue weighted by molar-refractivity contribution is 9.10. The third kappa shape index (κ3) is 16.2. The maximum Gasteiger partial charge on any atom is 0.0510 e. The van der Waals surface area contributed by atoms with Crippen LogP contribution < -0.4 is 4.90 Å². The molecule has 0 aliphatic carbocycles. The summed E-state index contributed by atoms with van der Waals surface area (Å²) in [5.41, 5.74) is 1.39. The lowest BCUT2D eigenvalue weighted by Gasteiger charge is -2.26. The standard InChI is InChI=1S/C30H54BrN/c1-3-5-7-9-11-13-15-17-19-23-27-32(30-26-22-21-25-29(30)31)28-24-20-18-16-14-12-10-8-6-4-2/h21-22,25-26H,3-20,23-24,27-28H2,1-2H3. The molecule has 0 spiro atoms. The maximum atomic E-state index is 3.79. The van der Waals surface area contributed by atoms with Gasteiger partial charge in [-0.25, -0.2) is 0 Å². The van der Waals surface area contributed by atoms with Crippen molar-refractivity contribution in [2.45, 2.75) is 142 Å². The van der Waals surface area contributed by atoms with Crippen LogP contribution in [0.15, 0.2) is 28.7 Å². The molecule has 0 saturated carbocycles. The lowest BCUT2D eigenvalue weighted by molar-refractivity contribution is 0.543. The van der Waals surface area contributed by atoms with E-state index in [0.717, 1.165) is 0 Å². The fourth-order valence-corrected chi connectivity index (χ4v) is 5.18. The van der Waals surface area contributed by atoms with Crippen LogP contribution >= 0.6 is 15.9 Å². The van der Waals surface area contributed by atoms with Crippen molar-refractivity contribution in [1.29, 1.82) is 0 Å². The van der Waals surface area contributed by atoms with Gasteiger partial charge in [0.15, 0.2) is 0 Å². The van der Waals surface area contributed by atoms with Crippen LogP contribution in [-0.4, -0.2) is 13.1 Å². The van der Waals surface area contributed by atoms with Crippen molar-refractivity contribution in [2.75, 3.05) is 18.0 Å². The fourth-order valence-electron chi connectivity index (χ4n) is 4.64. The minimum Gasteiger partial charge on any atom is -0.371 e. The zero-order valence-corrected chi connectivity index (χ0v) is 23.3. The van der Waals surface area contributed by atoms with E-state index in [9.17, 15) is 0 Å². The van der Waals surface area contributed by atoms with E-state index in [0.29, 0.717) is 0 Å². The topological polar surface area (TPSA) is 3.24 Å². The van der Waals surface area contributed by atoms with Crippen LogP contribution in [0.1, 0.15) is 142 Å². The van der Waals surface area contributed by atoms with E-state index in [-0.39, 0.29) is 0 Å². The Morgan fingerprint density at radius 2 is 0.844 bits per heavy atom. The quantitative estimate of drug-likeness (QED) is 0.133. The number of anilines is 1. The zero-order valence-electron chi connectivity index (χ0n) is 21.7. The first-order valence-corrected chi connectivity index (χ1v) is 15.1. The number of para-hydroxylation sites is 1. The van der Waals surface area contributed by atoms with Crippen molar-refractivity contribution >= 4 is 21.6 Å². The SMILES string of the molecule is CCCCCCCCCCCCN(CCCCCCCCCCCC)c1ccccc1Br. The average Bonchev–Trinajstić information content (AvgIpc) is 2.80. The van der Waals surface area contributed by atoms with E-state index in [4.69, 9.17) is 0 Å². The third-order valence-electron chi connectivity index (χ3n) is 6.76. The molecule has 0 saturated heterocycles. The molecule has 0 aromatic heterocycles. The van der Waals surface area contributed by atoms with Gasteiger partial charge in [0.05, 0.1) is 5.69 Å². The van der Waals surface area contributed by atoms with Gasteiger partial charge in [-0.3, -0.25) is 0 Å². The second-order valence-electron chi connectivity index (χ2n) is 9.80. The Labute approximate surface area is 210 Å². The van der Waals surface area contributed by atoms with Crippen molar-refractivity contribution in [1.82, 2.24) is 0 Å². The van der Waals surface area contributed by atoms with Crippen LogP contribution in [0.2, 0.25) is 0 Å². The van der Waals surface area contributed by atoms with Crippen molar-refractivity contribution in [2.24, 2.45) is 0 Å². The number of halogens is 1. The molecule has 0 heterocycles. The summed E-state index contributed by atoms with van der Waals surface area (Å²) in [7, 11) is 0. The van der Waals surface area contributed by atoms with Crippen molar-refractivity contribution in [3.05, 3.63) is 28.7 Å². The van der Waals surface area contributed by atoms with Crippen molar-refractivity contribution in [3.63, 3.8) is 0 Å². The Morgan fingerprint density at radius 1 is 0.500 bits per heavy atom. The summed E-state index contributed by atoms with van der Waals surface area (Å²) < 4.78 is 1.25. The molecule has 186 valence electrons. The molecule has 0 fully saturated rings. The Balaban J connectivity index is 2.18. The highest BCUT2D eigenvalue weighted by Crippen LogP contribution is 2.27. The number of nitrogens with zero attached hydrogens (tertiary/aromatic N) is 1. The average molecular weight is 509 g/mol. The Kier molecular flexibility index (Phi) is 20.6. The van der Waals surface area contributed by atoms with E-state index in [1.807, 2.05) is 0 Å². The summed E-state index contributed by atoms with van der Waals surface area (Å²) in [6.45, 7) is 7.01. The van der Waals surface area contributed by atoms with Crippen LogP contribution in [0.3, 0.4) is 0 Å². The second kappa shape index (κ2) is 22.3. The molecule has 0 N–H and O–H groups in total. The molecule has 1 aromatic carbocycles. The molecule has 0 aliphatic heterocycles. The summed E-state index contributed by atoms with van der Waals surface area (Å²) >= 11 is 3.79. The summed E-state index contributed by atoms with van der Waals surface area (Å²) in [5.74, 6) is 0. The number of hydrogen-bond acceptors (Lipinski definition) is 1. The van der Waals surface area contributed by atoms with Gasteiger partial charge in [0.25, 0.3) is 0 Å². The molecule has 0 atom stereocenters. The highest BCUT2D eigenvalue weighted by Gasteiger charge is 2.09. The first kappa shape index (κ1) is 29.5. The van der Waals surface area contributed by atoms with Gasteiger partial charge in [-0.05, 0) is 40.9 Å². The summed E-state index contributed by atoms with van der Waals surface area (Å²) in [6, 6.07) is 8.80. The van der Waals surface area contributed by atoms with E-state index < -0.39 is 0 Å². The fraction of sp³-hybridized carbons (Fsp3) is 0.800. The predicted molar refractivity (Wildman–Crippen MR) is 150 cm³/mol. The Morgan fingerprint density at radius 3 is 1.22 bits per heavy atom. The molecular formula is C30H54BrN. The summed E-state index contributed by atoms with van der Waals surface area (Å²) in [6.07, 6.45) is 28.2. The summed E-state index contributed by atoms with van der Waals surface area (Å²) in [5, 5.41) is 0. The number of unbranched alkanes of at least 4 members (excludes halogenated alkanes) is 18. The van der Waals surface area contributed by atoms with Gasteiger partial charge in [-0.1, -0.05) is 142 Å². The van der Waals surface area contributed by atoms with Crippen LogP contribution in [-0.2, 0) is 0 Å². The van der Waals surface area contributed by atoms with Crippen LogP contribution in [0.25, 0.3) is 0 Å². The highest BCUT2D eigenvalue weighted by atomic mass is 79.9. The molecule has 0 amide bonds. The first-order valence-electron chi connectivity index (χ1n) is 14.3.